The molecule has 0 aliphatic heterocycles. The highest BCUT2D eigenvalue weighted by Crippen LogP contribution is 2.36. The fourth-order valence-corrected chi connectivity index (χ4v) is 2.58. The molecule has 2 rings (SSSR count). The lowest BCUT2D eigenvalue weighted by atomic mass is 10.4. The predicted octanol–water partition coefficient (Wildman–Crippen LogP) is 0.913. The largest absolute Gasteiger partial charge is 0.355 e. The summed E-state index contributed by atoms with van der Waals surface area (Å²) >= 11 is 1.33. The lowest BCUT2D eigenvalue weighted by Gasteiger charge is -2.11. The second-order valence-electron chi connectivity index (χ2n) is 4.46. The van der Waals surface area contributed by atoms with Gasteiger partial charge in [-0.05, 0) is 26.2 Å². The van der Waals surface area contributed by atoms with Crippen molar-refractivity contribution in [3.8, 4) is 0 Å². The molecular formula is C11H18N4O2S. The van der Waals surface area contributed by atoms with Crippen molar-refractivity contribution < 1.29 is 4.79 Å². The molecule has 1 atom stereocenters. The zero-order valence-electron chi connectivity index (χ0n) is 10.6. The third-order valence-electron chi connectivity index (χ3n) is 2.78. The molecule has 6 nitrogen and oxygen atoms in total. The van der Waals surface area contributed by atoms with Crippen LogP contribution in [0.25, 0.3) is 0 Å². The summed E-state index contributed by atoms with van der Waals surface area (Å²) < 4.78 is 1.66. The first-order chi connectivity index (χ1) is 8.63. The fraction of sp³-hybridized carbons (Fsp3) is 0.727. The molecule has 0 bridgehead atoms. The van der Waals surface area contributed by atoms with Gasteiger partial charge in [-0.3, -0.25) is 9.36 Å². The van der Waals surface area contributed by atoms with Crippen LogP contribution < -0.4 is 11.0 Å². The minimum atomic E-state index is -0.246. The van der Waals surface area contributed by atoms with E-state index in [0.29, 0.717) is 11.7 Å². The zero-order valence-corrected chi connectivity index (χ0v) is 11.4. The number of aromatic amines is 1. The van der Waals surface area contributed by atoms with E-state index in [4.69, 9.17) is 0 Å². The molecule has 100 valence electrons. The number of hydrogen-bond acceptors (Lipinski definition) is 4. The number of nitrogens with one attached hydrogen (secondary N) is 2. The number of nitrogens with zero attached hydrogens (tertiary/aromatic N) is 2. The number of carbonyl (C=O) groups is 1. The van der Waals surface area contributed by atoms with E-state index in [1.807, 2.05) is 13.8 Å². The van der Waals surface area contributed by atoms with E-state index in [1.54, 1.807) is 4.57 Å². The van der Waals surface area contributed by atoms with Crippen LogP contribution in [0.15, 0.2) is 9.95 Å². The van der Waals surface area contributed by atoms with E-state index < -0.39 is 0 Å². The van der Waals surface area contributed by atoms with Crippen molar-refractivity contribution in [2.75, 3.05) is 6.54 Å². The third kappa shape index (κ3) is 2.95. The second-order valence-corrected chi connectivity index (χ2v) is 5.77. The van der Waals surface area contributed by atoms with Crippen LogP contribution in [-0.2, 0) is 4.79 Å². The zero-order chi connectivity index (χ0) is 13.1. The van der Waals surface area contributed by atoms with Crippen molar-refractivity contribution in [1.82, 2.24) is 20.1 Å². The molecule has 7 heteroatoms. The number of rotatable bonds is 6. The third-order valence-corrected chi connectivity index (χ3v) is 3.85. The van der Waals surface area contributed by atoms with Gasteiger partial charge in [-0.15, -0.1) is 5.10 Å². The van der Waals surface area contributed by atoms with Crippen LogP contribution in [-0.4, -0.2) is 32.5 Å². The van der Waals surface area contributed by atoms with Gasteiger partial charge in [0.25, 0.3) is 0 Å². The molecule has 0 spiro atoms. The Bertz CT molecular complexity index is 478. The number of amides is 1. The van der Waals surface area contributed by atoms with Crippen LogP contribution in [0.4, 0.5) is 0 Å². The maximum atomic E-state index is 11.8. The quantitative estimate of drug-likeness (QED) is 0.753. The van der Waals surface area contributed by atoms with Crippen molar-refractivity contribution in [3.05, 3.63) is 10.5 Å². The monoisotopic (exact) mass is 270 g/mol. The van der Waals surface area contributed by atoms with Gasteiger partial charge in [0.15, 0.2) is 5.16 Å². The van der Waals surface area contributed by atoms with Crippen LogP contribution in [0.1, 0.15) is 39.2 Å². The molecule has 0 saturated heterocycles. The Balaban J connectivity index is 2.00. The Labute approximate surface area is 110 Å². The summed E-state index contributed by atoms with van der Waals surface area (Å²) in [6.07, 6.45) is 2.95. The topological polar surface area (TPSA) is 79.8 Å². The summed E-state index contributed by atoms with van der Waals surface area (Å²) in [5, 5.41) is 9.64. The molecule has 1 aromatic heterocycles. The van der Waals surface area contributed by atoms with Crippen LogP contribution >= 0.6 is 11.8 Å². The van der Waals surface area contributed by atoms with Gasteiger partial charge in [-0.2, -0.15) is 0 Å². The van der Waals surface area contributed by atoms with E-state index in [-0.39, 0.29) is 22.9 Å². The van der Waals surface area contributed by atoms with E-state index in [0.717, 1.165) is 19.3 Å². The summed E-state index contributed by atoms with van der Waals surface area (Å²) in [4.78, 5) is 23.3. The second kappa shape index (κ2) is 5.60. The van der Waals surface area contributed by atoms with Gasteiger partial charge < -0.3 is 5.32 Å². The maximum Gasteiger partial charge on any atom is 0.344 e. The summed E-state index contributed by atoms with van der Waals surface area (Å²) in [5.41, 5.74) is -0.179. The van der Waals surface area contributed by atoms with Gasteiger partial charge in [0.05, 0.1) is 5.25 Å². The first-order valence-corrected chi connectivity index (χ1v) is 7.12. The van der Waals surface area contributed by atoms with Gasteiger partial charge in [0.1, 0.15) is 0 Å². The van der Waals surface area contributed by atoms with Crippen molar-refractivity contribution in [3.63, 3.8) is 0 Å². The number of H-pyrrole nitrogens is 1. The van der Waals surface area contributed by atoms with Crippen molar-refractivity contribution in [2.24, 2.45) is 0 Å². The molecule has 0 unspecified atom stereocenters. The minimum absolute atomic E-state index is 0.0142. The lowest BCUT2D eigenvalue weighted by molar-refractivity contribution is -0.120. The van der Waals surface area contributed by atoms with Crippen LogP contribution in [0.2, 0.25) is 0 Å². The predicted molar refractivity (Wildman–Crippen MR) is 69.7 cm³/mol. The summed E-state index contributed by atoms with van der Waals surface area (Å²) in [7, 11) is 0. The van der Waals surface area contributed by atoms with Gasteiger partial charge in [0, 0.05) is 12.6 Å². The molecule has 1 aliphatic rings. The lowest BCUT2D eigenvalue weighted by Crippen LogP contribution is -2.31. The number of aromatic nitrogens is 3. The summed E-state index contributed by atoms with van der Waals surface area (Å²) in [6, 6.07) is 0.268. The summed E-state index contributed by atoms with van der Waals surface area (Å²) in [5.74, 6) is -0.0142. The van der Waals surface area contributed by atoms with E-state index in [2.05, 4.69) is 15.5 Å². The Hall–Kier alpha value is -1.24. The Morgan fingerprint density at radius 3 is 3.00 bits per heavy atom. The molecule has 1 fully saturated rings. The van der Waals surface area contributed by atoms with Crippen LogP contribution in [0, 0.1) is 0 Å². The van der Waals surface area contributed by atoms with Gasteiger partial charge >= 0.3 is 5.69 Å². The molecule has 2 N–H and O–H groups in total. The highest BCUT2D eigenvalue weighted by atomic mass is 32.2. The van der Waals surface area contributed by atoms with Gasteiger partial charge in [0.2, 0.25) is 5.91 Å². The van der Waals surface area contributed by atoms with Crippen LogP contribution in [0.3, 0.4) is 0 Å². The Morgan fingerprint density at radius 2 is 2.39 bits per heavy atom. The maximum absolute atomic E-state index is 11.8. The normalized spacial score (nSPS) is 16.6. The van der Waals surface area contributed by atoms with Crippen LogP contribution in [0.5, 0.6) is 0 Å². The molecule has 1 aromatic rings. The number of hydrogen-bond donors (Lipinski definition) is 2. The molecule has 0 aromatic carbocycles. The van der Waals surface area contributed by atoms with E-state index in [1.165, 1.54) is 11.8 Å². The highest BCUT2D eigenvalue weighted by molar-refractivity contribution is 8.00. The number of carbonyl (C=O) groups excluding carboxylic acids is 1. The number of thioether (sulfide) groups is 1. The summed E-state index contributed by atoms with van der Waals surface area (Å²) in [6.45, 7) is 4.52. The standard InChI is InChI=1S/C11H18N4O2S/c1-3-6-12-9(16)7(2)18-11-14-13-10(17)15(11)8-4-5-8/h7-8H,3-6H2,1-2H3,(H,12,16)(H,13,17)/t7-/m1/s1. The van der Waals surface area contributed by atoms with E-state index in [9.17, 15) is 9.59 Å². The smallest absolute Gasteiger partial charge is 0.344 e. The Kier molecular flexibility index (Phi) is 4.11. The fourth-order valence-electron chi connectivity index (χ4n) is 1.63. The molecule has 0 radical (unpaired) electrons. The molecule has 1 amide bonds. The molecule has 1 saturated carbocycles. The van der Waals surface area contributed by atoms with Gasteiger partial charge in [-0.25, -0.2) is 9.89 Å². The minimum Gasteiger partial charge on any atom is -0.355 e. The average Bonchev–Trinajstić information content (AvgIpc) is 3.12. The first kappa shape index (κ1) is 13.2. The van der Waals surface area contributed by atoms with Crippen molar-refractivity contribution in [1.29, 1.82) is 0 Å². The molecular weight excluding hydrogens is 252 g/mol. The molecule has 1 aliphatic carbocycles. The highest BCUT2D eigenvalue weighted by Gasteiger charge is 2.29. The SMILES string of the molecule is CCCNC(=O)[C@@H](C)Sc1n[nH]c(=O)n1C1CC1. The van der Waals surface area contributed by atoms with E-state index >= 15 is 0 Å². The Morgan fingerprint density at radius 1 is 1.67 bits per heavy atom. The molecule has 1 heterocycles. The van der Waals surface area contributed by atoms with Crippen molar-refractivity contribution >= 4 is 17.7 Å². The van der Waals surface area contributed by atoms with Crippen molar-refractivity contribution in [2.45, 2.75) is 49.6 Å². The first-order valence-electron chi connectivity index (χ1n) is 6.24. The average molecular weight is 270 g/mol. The van der Waals surface area contributed by atoms with Gasteiger partial charge in [-0.1, -0.05) is 18.7 Å². The molecule has 18 heavy (non-hydrogen) atoms.